The predicted molar refractivity (Wildman–Crippen MR) is 101 cm³/mol. The molecular formula is C19H21N5O3. The van der Waals surface area contributed by atoms with E-state index in [1.165, 1.54) is 10.9 Å². The van der Waals surface area contributed by atoms with Gasteiger partial charge in [0, 0.05) is 26.2 Å². The van der Waals surface area contributed by atoms with Gasteiger partial charge in [0.05, 0.1) is 17.8 Å². The van der Waals surface area contributed by atoms with Crippen LogP contribution in [0.15, 0.2) is 39.8 Å². The first kappa shape index (κ1) is 17.3. The summed E-state index contributed by atoms with van der Waals surface area (Å²) in [6.45, 7) is 2.70. The Balaban J connectivity index is 1.63. The van der Waals surface area contributed by atoms with Crippen molar-refractivity contribution < 1.29 is 9.21 Å². The summed E-state index contributed by atoms with van der Waals surface area (Å²) >= 11 is 0. The smallest absolute Gasteiger partial charge is 0.408 e. The zero-order valence-corrected chi connectivity index (χ0v) is 15.5. The van der Waals surface area contributed by atoms with Crippen LogP contribution >= 0.6 is 0 Å². The SMILES string of the molecule is C[C@@H](C(=O)N1CCc2c(ncnc2N(C)C)C1)n1c(=O)oc2ccccc21. The van der Waals surface area contributed by atoms with E-state index in [1.54, 1.807) is 30.0 Å². The molecule has 1 aliphatic heterocycles. The number of aromatic nitrogens is 3. The molecule has 0 radical (unpaired) electrons. The van der Waals surface area contributed by atoms with E-state index in [4.69, 9.17) is 4.42 Å². The Bertz CT molecular complexity index is 1070. The minimum absolute atomic E-state index is 0.126. The Hall–Kier alpha value is -3.16. The lowest BCUT2D eigenvalue weighted by Crippen LogP contribution is -2.42. The van der Waals surface area contributed by atoms with Crippen LogP contribution in [0.1, 0.15) is 24.2 Å². The molecule has 0 saturated heterocycles. The highest BCUT2D eigenvalue weighted by molar-refractivity contribution is 5.83. The fraction of sp³-hybridized carbons (Fsp3) is 0.368. The van der Waals surface area contributed by atoms with Crippen LogP contribution in [0.2, 0.25) is 0 Å². The van der Waals surface area contributed by atoms with Crippen molar-refractivity contribution in [2.24, 2.45) is 0 Å². The summed E-state index contributed by atoms with van der Waals surface area (Å²) in [5, 5.41) is 0. The lowest BCUT2D eigenvalue weighted by Gasteiger charge is -2.31. The maximum absolute atomic E-state index is 13.1. The minimum Gasteiger partial charge on any atom is -0.408 e. The van der Waals surface area contributed by atoms with Crippen LogP contribution in [0.5, 0.6) is 0 Å². The number of oxazole rings is 1. The first-order valence-corrected chi connectivity index (χ1v) is 8.86. The second-order valence-corrected chi connectivity index (χ2v) is 6.91. The Morgan fingerprint density at radius 2 is 2.04 bits per heavy atom. The molecule has 3 aromatic rings. The number of para-hydroxylation sites is 2. The van der Waals surface area contributed by atoms with Crippen LogP contribution in [-0.2, 0) is 17.8 Å². The number of nitrogens with zero attached hydrogens (tertiary/aromatic N) is 5. The quantitative estimate of drug-likeness (QED) is 0.699. The van der Waals surface area contributed by atoms with Crippen molar-refractivity contribution in [3.63, 3.8) is 0 Å². The van der Waals surface area contributed by atoms with Crippen LogP contribution < -0.4 is 10.7 Å². The van der Waals surface area contributed by atoms with E-state index in [2.05, 4.69) is 9.97 Å². The first-order chi connectivity index (χ1) is 13.0. The summed E-state index contributed by atoms with van der Waals surface area (Å²) in [6, 6.07) is 6.47. The van der Waals surface area contributed by atoms with E-state index in [1.807, 2.05) is 25.1 Å². The second kappa shape index (κ2) is 6.53. The molecule has 3 heterocycles. The van der Waals surface area contributed by atoms with Crippen LogP contribution in [0.3, 0.4) is 0 Å². The van der Waals surface area contributed by atoms with Gasteiger partial charge in [0.15, 0.2) is 5.58 Å². The van der Waals surface area contributed by atoms with E-state index in [9.17, 15) is 9.59 Å². The van der Waals surface area contributed by atoms with Gasteiger partial charge in [0.1, 0.15) is 18.2 Å². The largest absolute Gasteiger partial charge is 0.420 e. The number of carbonyl (C=O) groups excluding carboxylic acids is 1. The van der Waals surface area contributed by atoms with Gasteiger partial charge in [-0.3, -0.25) is 9.36 Å². The second-order valence-electron chi connectivity index (χ2n) is 6.91. The zero-order valence-electron chi connectivity index (χ0n) is 15.5. The highest BCUT2D eigenvalue weighted by Crippen LogP contribution is 2.26. The molecule has 140 valence electrons. The van der Waals surface area contributed by atoms with Crippen molar-refractivity contribution in [3.8, 4) is 0 Å². The number of hydrogen-bond acceptors (Lipinski definition) is 6. The Kier molecular flexibility index (Phi) is 4.18. The summed E-state index contributed by atoms with van der Waals surface area (Å²) in [5.74, 6) is 0.239. The maximum Gasteiger partial charge on any atom is 0.420 e. The first-order valence-electron chi connectivity index (χ1n) is 8.86. The van der Waals surface area contributed by atoms with Crippen molar-refractivity contribution in [2.45, 2.75) is 25.9 Å². The van der Waals surface area contributed by atoms with Crippen LogP contribution in [-0.4, -0.2) is 46.0 Å². The lowest BCUT2D eigenvalue weighted by molar-refractivity contribution is -0.135. The third-order valence-corrected chi connectivity index (χ3v) is 4.98. The van der Waals surface area contributed by atoms with Gasteiger partial charge in [-0.05, 0) is 25.5 Å². The number of carbonyl (C=O) groups is 1. The number of hydrogen-bond donors (Lipinski definition) is 0. The van der Waals surface area contributed by atoms with Crippen molar-refractivity contribution in [1.29, 1.82) is 0 Å². The third kappa shape index (κ3) is 2.87. The normalized spacial score (nSPS) is 14.9. The van der Waals surface area contributed by atoms with Crippen LogP contribution in [0.4, 0.5) is 5.82 Å². The molecule has 0 spiro atoms. The Morgan fingerprint density at radius 3 is 2.81 bits per heavy atom. The molecule has 1 atom stereocenters. The summed E-state index contributed by atoms with van der Waals surface area (Å²) in [4.78, 5) is 37.8. The molecule has 2 aromatic heterocycles. The fourth-order valence-corrected chi connectivity index (χ4v) is 3.64. The molecule has 0 aliphatic carbocycles. The van der Waals surface area contributed by atoms with Crippen molar-refractivity contribution >= 4 is 22.8 Å². The molecule has 0 saturated carbocycles. The predicted octanol–water partition coefficient (Wildman–Crippen LogP) is 1.60. The van der Waals surface area contributed by atoms with E-state index in [-0.39, 0.29) is 5.91 Å². The number of rotatable bonds is 3. The number of anilines is 1. The standard InChI is InChI=1S/C19H21N5O3/c1-12(24-15-6-4-5-7-16(15)27-19(24)26)18(25)23-9-8-13-14(10-23)20-11-21-17(13)22(2)3/h4-7,11-12H,8-10H2,1-3H3/t12-/m0/s1. The molecule has 1 aromatic carbocycles. The van der Waals surface area contributed by atoms with Crippen LogP contribution in [0.25, 0.3) is 11.1 Å². The molecule has 4 rings (SSSR count). The zero-order chi connectivity index (χ0) is 19.1. The maximum atomic E-state index is 13.1. The molecule has 0 unspecified atom stereocenters. The topological polar surface area (TPSA) is 84.5 Å². The molecule has 0 bridgehead atoms. The summed E-state index contributed by atoms with van der Waals surface area (Å²) in [7, 11) is 3.89. The highest BCUT2D eigenvalue weighted by atomic mass is 16.4. The number of benzene rings is 1. The van der Waals surface area contributed by atoms with E-state index >= 15 is 0 Å². The van der Waals surface area contributed by atoms with Gasteiger partial charge in [0.2, 0.25) is 5.91 Å². The van der Waals surface area contributed by atoms with E-state index in [0.29, 0.717) is 30.6 Å². The Morgan fingerprint density at radius 1 is 1.26 bits per heavy atom. The van der Waals surface area contributed by atoms with Gasteiger partial charge in [-0.1, -0.05) is 12.1 Å². The molecule has 0 fully saturated rings. The molecule has 0 N–H and O–H groups in total. The summed E-state index contributed by atoms with van der Waals surface area (Å²) in [5.41, 5.74) is 3.03. The van der Waals surface area contributed by atoms with Gasteiger partial charge < -0.3 is 14.2 Å². The molecule has 1 aliphatic rings. The average molecular weight is 367 g/mol. The molecule has 8 heteroatoms. The van der Waals surface area contributed by atoms with Gasteiger partial charge in [0.25, 0.3) is 0 Å². The monoisotopic (exact) mass is 367 g/mol. The molecule has 1 amide bonds. The number of fused-ring (bicyclic) bond motifs is 2. The minimum atomic E-state index is -0.655. The summed E-state index contributed by atoms with van der Waals surface area (Å²) < 4.78 is 6.68. The van der Waals surface area contributed by atoms with Gasteiger partial charge >= 0.3 is 5.76 Å². The van der Waals surface area contributed by atoms with E-state index in [0.717, 1.165) is 17.1 Å². The molecular weight excluding hydrogens is 346 g/mol. The fourth-order valence-electron chi connectivity index (χ4n) is 3.64. The molecule has 8 nitrogen and oxygen atoms in total. The third-order valence-electron chi connectivity index (χ3n) is 4.98. The average Bonchev–Trinajstić information content (AvgIpc) is 3.01. The van der Waals surface area contributed by atoms with Crippen LogP contribution in [0, 0.1) is 0 Å². The summed E-state index contributed by atoms with van der Waals surface area (Å²) in [6.07, 6.45) is 2.21. The number of amides is 1. The van der Waals surface area contributed by atoms with Gasteiger partial charge in [-0.15, -0.1) is 0 Å². The van der Waals surface area contributed by atoms with Crippen molar-refractivity contribution in [2.75, 3.05) is 25.5 Å². The Labute approximate surface area is 156 Å². The highest BCUT2D eigenvalue weighted by Gasteiger charge is 2.30. The van der Waals surface area contributed by atoms with Gasteiger partial charge in [-0.25, -0.2) is 14.8 Å². The van der Waals surface area contributed by atoms with Crippen molar-refractivity contribution in [1.82, 2.24) is 19.4 Å². The lowest BCUT2D eigenvalue weighted by atomic mass is 10.0. The van der Waals surface area contributed by atoms with Crippen molar-refractivity contribution in [3.05, 3.63) is 52.4 Å². The van der Waals surface area contributed by atoms with Gasteiger partial charge in [-0.2, -0.15) is 0 Å². The molecule has 27 heavy (non-hydrogen) atoms. The van der Waals surface area contributed by atoms with E-state index < -0.39 is 11.8 Å².